The van der Waals surface area contributed by atoms with Gasteiger partial charge in [0.15, 0.2) is 0 Å². The molecular formula is C16H17N. The summed E-state index contributed by atoms with van der Waals surface area (Å²) in [4.78, 5) is 0. The summed E-state index contributed by atoms with van der Waals surface area (Å²) in [6.45, 7) is 2.30. The Labute approximate surface area is 102 Å². The van der Waals surface area contributed by atoms with Crippen LogP contribution in [0.4, 0.5) is 0 Å². The van der Waals surface area contributed by atoms with Gasteiger partial charge in [-0.15, -0.1) is 0 Å². The molecule has 0 heterocycles. The summed E-state index contributed by atoms with van der Waals surface area (Å²) in [5.74, 6) is 0. The van der Waals surface area contributed by atoms with Crippen LogP contribution in [0.15, 0.2) is 54.6 Å². The van der Waals surface area contributed by atoms with Gasteiger partial charge in [-0.1, -0.05) is 61.5 Å². The third kappa shape index (κ3) is 1.50. The Hall–Kier alpha value is -1.60. The number of nitrogens with two attached hydrogens (primary N) is 1. The van der Waals surface area contributed by atoms with Gasteiger partial charge in [-0.25, -0.2) is 0 Å². The van der Waals surface area contributed by atoms with Crippen molar-refractivity contribution in [1.29, 1.82) is 0 Å². The molecule has 1 nitrogen and oxygen atoms in total. The molecule has 0 aromatic heterocycles. The molecule has 2 atom stereocenters. The zero-order valence-corrected chi connectivity index (χ0v) is 10.1. The molecule has 0 spiro atoms. The Morgan fingerprint density at radius 1 is 1.00 bits per heavy atom. The summed E-state index contributed by atoms with van der Waals surface area (Å²) < 4.78 is 0. The van der Waals surface area contributed by atoms with E-state index in [0.717, 1.165) is 6.42 Å². The minimum absolute atomic E-state index is 0.0667. The lowest BCUT2D eigenvalue weighted by Crippen LogP contribution is -2.21. The second-order valence-corrected chi connectivity index (χ2v) is 5.10. The lowest BCUT2D eigenvalue weighted by molar-refractivity contribution is 0.517. The standard InChI is InChI=1S/C16H17N/c1-16(12-7-3-2-4-8-12)11-15(17)13-9-5-6-10-14(13)16/h2-10,15H,11,17H2,1H3. The van der Waals surface area contributed by atoms with Crippen LogP contribution in [0.25, 0.3) is 0 Å². The molecule has 0 fully saturated rings. The van der Waals surface area contributed by atoms with Gasteiger partial charge in [0.05, 0.1) is 0 Å². The van der Waals surface area contributed by atoms with Gasteiger partial charge in [0.25, 0.3) is 0 Å². The molecule has 1 aliphatic carbocycles. The van der Waals surface area contributed by atoms with Gasteiger partial charge >= 0.3 is 0 Å². The maximum atomic E-state index is 6.26. The van der Waals surface area contributed by atoms with E-state index in [-0.39, 0.29) is 11.5 Å². The Morgan fingerprint density at radius 3 is 2.41 bits per heavy atom. The Bertz CT molecular complexity index is 532. The van der Waals surface area contributed by atoms with Crippen molar-refractivity contribution in [3.8, 4) is 0 Å². The summed E-state index contributed by atoms with van der Waals surface area (Å²) in [5, 5.41) is 0. The highest BCUT2D eigenvalue weighted by molar-refractivity contribution is 5.48. The van der Waals surface area contributed by atoms with Crippen molar-refractivity contribution in [2.45, 2.75) is 24.8 Å². The maximum Gasteiger partial charge on any atom is 0.0309 e. The Morgan fingerprint density at radius 2 is 1.65 bits per heavy atom. The maximum absolute atomic E-state index is 6.26. The summed E-state index contributed by atoms with van der Waals surface area (Å²) >= 11 is 0. The molecule has 0 radical (unpaired) electrons. The molecule has 1 aliphatic rings. The molecule has 17 heavy (non-hydrogen) atoms. The number of hydrogen-bond acceptors (Lipinski definition) is 1. The highest BCUT2D eigenvalue weighted by atomic mass is 14.7. The zero-order valence-electron chi connectivity index (χ0n) is 10.1. The molecule has 2 aromatic rings. The highest BCUT2D eigenvalue weighted by Crippen LogP contribution is 2.47. The van der Waals surface area contributed by atoms with Crippen molar-refractivity contribution in [1.82, 2.24) is 0 Å². The molecule has 2 aromatic carbocycles. The number of fused-ring (bicyclic) bond motifs is 1. The predicted octanol–water partition coefficient (Wildman–Crippen LogP) is 3.40. The second-order valence-electron chi connectivity index (χ2n) is 5.10. The molecular weight excluding hydrogens is 206 g/mol. The van der Waals surface area contributed by atoms with Gasteiger partial charge in [0.2, 0.25) is 0 Å². The molecule has 2 unspecified atom stereocenters. The second kappa shape index (κ2) is 3.71. The van der Waals surface area contributed by atoms with Gasteiger partial charge in [-0.3, -0.25) is 0 Å². The van der Waals surface area contributed by atoms with Gasteiger partial charge in [-0.05, 0) is 23.1 Å². The van der Waals surface area contributed by atoms with E-state index in [9.17, 15) is 0 Å². The molecule has 1 heteroatoms. The van der Waals surface area contributed by atoms with E-state index < -0.39 is 0 Å². The summed E-state index contributed by atoms with van der Waals surface area (Å²) in [7, 11) is 0. The average Bonchev–Trinajstić information content (AvgIpc) is 2.65. The largest absolute Gasteiger partial charge is 0.324 e. The molecule has 0 aliphatic heterocycles. The fraction of sp³-hybridized carbons (Fsp3) is 0.250. The van der Waals surface area contributed by atoms with Crippen molar-refractivity contribution >= 4 is 0 Å². The summed E-state index contributed by atoms with van der Waals surface area (Å²) in [5.41, 5.74) is 10.4. The topological polar surface area (TPSA) is 26.0 Å². The van der Waals surface area contributed by atoms with E-state index in [1.807, 2.05) is 0 Å². The van der Waals surface area contributed by atoms with E-state index >= 15 is 0 Å². The fourth-order valence-corrected chi connectivity index (χ4v) is 3.06. The van der Waals surface area contributed by atoms with E-state index in [4.69, 9.17) is 5.73 Å². The average molecular weight is 223 g/mol. The molecule has 0 bridgehead atoms. The highest BCUT2D eigenvalue weighted by Gasteiger charge is 2.39. The van der Waals surface area contributed by atoms with Gasteiger partial charge in [-0.2, -0.15) is 0 Å². The third-order valence-electron chi connectivity index (χ3n) is 3.99. The van der Waals surface area contributed by atoms with Gasteiger partial charge in [0, 0.05) is 11.5 Å². The lowest BCUT2D eigenvalue weighted by atomic mass is 9.77. The van der Waals surface area contributed by atoms with Crippen molar-refractivity contribution in [3.63, 3.8) is 0 Å². The molecule has 0 amide bonds. The van der Waals surface area contributed by atoms with Crippen molar-refractivity contribution in [3.05, 3.63) is 71.3 Å². The molecule has 0 saturated heterocycles. The fourth-order valence-electron chi connectivity index (χ4n) is 3.06. The van der Waals surface area contributed by atoms with Crippen molar-refractivity contribution in [2.75, 3.05) is 0 Å². The number of rotatable bonds is 1. The van der Waals surface area contributed by atoms with Crippen LogP contribution in [0, 0.1) is 0 Å². The smallest absolute Gasteiger partial charge is 0.0309 e. The van der Waals surface area contributed by atoms with E-state index in [1.54, 1.807) is 0 Å². The first-order valence-corrected chi connectivity index (χ1v) is 6.12. The van der Waals surface area contributed by atoms with Crippen LogP contribution in [-0.4, -0.2) is 0 Å². The number of hydrogen-bond donors (Lipinski definition) is 1. The first kappa shape index (κ1) is 10.5. The van der Waals surface area contributed by atoms with E-state index in [1.165, 1.54) is 16.7 Å². The van der Waals surface area contributed by atoms with Crippen molar-refractivity contribution < 1.29 is 0 Å². The van der Waals surface area contributed by atoms with Gasteiger partial charge in [0.1, 0.15) is 0 Å². The first-order valence-electron chi connectivity index (χ1n) is 6.12. The molecule has 3 rings (SSSR count). The number of benzene rings is 2. The quantitative estimate of drug-likeness (QED) is 0.788. The SMILES string of the molecule is CC1(c2ccccc2)CC(N)c2ccccc21. The van der Waals surface area contributed by atoms with E-state index in [2.05, 4.69) is 61.5 Å². The van der Waals surface area contributed by atoms with Crippen LogP contribution in [0.3, 0.4) is 0 Å². The van der Waals surface area contributed by atoms with Crippen LogP contribution in [0.2, 0.25) is 0 Å². The molecule has 86 valence electrons. The lowest BCUT2D eigenvalue weighted by Gasteiger charge is -2.26. The Kier molecular flexibility index (Phi) is 2.30. The van der Waals surface area contributed by atoms with Crippen LogP contribution < -0.4 is 5.73 Å². The minimum atomic E-state index is 0.0667. The molecule has 2 N–H and O–H groups in total. The Balaban J connectivity index is 2.18. The molecule has 0 saturated carbocycles. The van der Waals surface area contributed by atoms with Crippen LogP contribution in [0.5, 0.6) is 0 Å². The minimum Gasteiger partial charge on any atom is -0.324 e. The van der Waals surface area contributed by atoms with Gasteiger partial charge < -0.3 is 5.73 Å². The van der Waals surface area contributed by atoms with E-state index in [0.29, 0.717) is 0 Å². The van der Waals surface area contributed by atoms with Crippen LogP contribution in [-0.2, 0) is 5.41 Å². The predicted molar refractivity (Wildman–Crippen MR) is 70.9 cm³/mol. The van der Waals surface area contributed by atoms with Crippen LogP contribution in [0.1, 0.15) is 36.1 Å². The first-order chi connectivity index (χ1) is 8.22. The third-order valence-corrected chi connectivity index (χ3v) is 3.99. The normalized spacial score (nSPS) is 26.8. The summed E-state index contributed by atoms with van der Waals surface area (Å²) in [6.07, 6.45) is 0.996. The van der Waals surface area contributed by atoms with Crippen LogP contribution >= 0.6 is 0 Å². The monoisotopic (exact) mass is 223 g/mol. The van der Waals surface area contributed by atoms with Crippen molar-refractivity contribution in [2.24, 2.45) is 5.73 Å². The summed E-state index contributed by atoms with van der Waals surface area (Å²) in [6, 6.07) is 19.4. The zero-order chi connectivity index (χ0) is 11.9.